The SMILES string of the molecule is CCC(CC)NCCC[n+]1c(-c2ccccc2)c2cc(N)ccc2c2ccc(N)cc21.CCC(CC)NCCC[n+]1c(-c2ccccc2)c2cc(N)ccc2c2ccc(N)cc21.[I-].[I-]. The van der Waals surface area contributed by atoms with Crippen molar-refractivity contribution in [3.63, 3.8) is 0 Å². The average molecular weight is 1080 g/mol. The number of nitrogen functional groups attached to an aromatic ring is 4. The Morgan fingerprint density at radius 1 is 0.406 bits per heavy atom. The molecule has 10 N–H and O–H groups in total. The number of nitrogens with one attached hydrogen (secondary N) is 2. The minimum absolute atomic E-state index is 0. The standard InChI is InChI=1S/2C27H32N4.2HI/c2*1-3-22(4-2)30-15-8-16-31-26-18-21(29)12-14-24(26)23-13-11-20(28)17-25(23)27(31)19-9-6-5-7-10-19;;/h2*5-7,9-14,17-18,22,29-30H,3-4,8,15-16,28H2,1-2H3;2*1H. The lowest BCUT2D eigenvalue weighted by Gasteiger charge is -2.15. The number of halogens is 2. The van der Waals surface area contributed by atoms with Gasteiger partial charge in [-0.05, 0) is 98.5 Å². The molecular formula is C54H66I2N8. The minimum Gasteiger partial charge on any atom is -1.00 e. The second-order valence-corrected chi connectivity index (χ2v) is 16.5. The highest BCUT2D eigenvalue weighted by Gasteiger charge is 2.25. The molecular weight excluding hydrogens is 1010 g/mol. The monoisotopic (exact) mass is 1080 g/mol. The van der Waals surface area contributed by atoms with E-state index in [2.05, 4.69) is 157 Å². The molecule has 8 nitrogen and oxygen atoms in total. The topological polar surface area (TPSA) is 136 Å². The van der Waals surface area contributed by atoms with Crippen LogP contribution in [0.1, 0.15) is 66.2 Å². The van der Waals surface area contributed by atoms with Gasteiger partial charge in [0, 0.05) is 94.8 Å². The molecule has 64 heavy (non-hydrogen) atoms. The molecule has 0 fully saturated rings. The number of pyridine rings is 2. The first-order valence-electron chi connectivity index (χ1n) is 22.7. The van der Waals surface area contributed by atoms with E-state index in [0.717, 1.165) is 87.5 Å². The van der Waals surface area contributed by atoms with Crippen LogP contribution < -0.4 is 90.7 Å². The molecule has 0 bridgehead atoms. The molecule has 0 unspecified atom stereocenters. The van der Waals surface area contributed by atoms with Crippen molar-refractivity contribution in [2.75, 3.05) is 36.0 Å². The lowest BCUT2D eigenvalue weighted by molar-refractivity contribution is -0.659. The third-order valence-electron chi connectivity index (χ3n) is 12.4. The van der Waals surface area contributed by atoms with Gasteiger partial charge in [-0.1, -0.05) is 76.2 Å². The quantitative estimate of drug-likeness (QED) is 0.0277. The number of nitrogens with two attached hydrogens (primary N) is 4. The van der Waals surface area contributed by atoms with Gasteiger partial charge in [0.15, 0.2) is 13.1 Å². The summed E-state index contributed by atoms with van der Waals surface area (Å²) in [5, 5.41) is 14.6. The van der Waals surface area contributed by atoms with Gasteiger partial charge in [-0.2, -0.15) is 9.13 Å². The Bertz CT molecular complexity index is 2560. The molecule has 10 heteroatoms. The van der Waals surface area contributed by atoms with Crippen molar-refractivity contribution >= 4 is 66.1 Å². The van der Waals surface area contributed by atoms with Gasteiger partial charge in [-0.15, -0.1) is 0 Å². The van der Waals surface area contributed by atoms with Gasteiger partial charge >= 0.3 is 0 Å². The summed E-state index contributed by atoms with van der Waals surface area (Å²) in [7, 11) is 0. The van der Waals surface area contributed by atoms with E-state index in [4.69, 9.17) is 22.9 Å². The Morgan fingerprint density at radius 2 is 0.734 bits per heavy atom. The second kappa shape index (κ2) is 24.0. The third kappa shape index (κ3) is 11.5. The van der Waals surface area contributed by atoms with Gasteiger partial charge in [0.05, 0.1) is 21.5 Å². The van der Waals surface area contributed by atoms with E-state index in [9.17, 15) is 0 Å². The molecule has 0 saturated carbocycles. The van der Waals surface area contributed by atoms with Crippen molar-refractivity contribution in [3.05, 3.63) is 133 Å². The first-order valence-corrected chi connectivity index (χ1v) is 22.7. The highest BCUT2D eigenvalue weighted by Crippen LogP contribution is 2.35. The van der Waals surface area contributed by atoms with Crippen molar-refractivity contribution < 1.29 is 57.1 Å². The maximum Gasteiger partial charge on any atom is 0.220 e. The van der Waals surface area contributed by atoms with Gasteiger partial charge in [0.25, 0.3) is 0 Å². The molecule has 0 aliphatic carbocycles. The van der Waals surface area contributed by atoms with Crippen LogP contribution in [0.2, 0.25) is 0 Å². The molecule has 0 aliphatic heterocycles. The maximum atomic E-state index is 6.24. The number of aromatic nitrogens is 2. The van der Waals surface area contributed by atoms with Crippen LogP contribution in [0.4, 0.5) is 22.7 Å². The van der Waals surface area contributed by atoms with Crippen LogP contribution in [0.25, 0.3) is 65.9 Å². The molecule has 0 atom stereocenters. The van der Waals surface area contributed by atoms with Gasteiger partial charge in [-0.25, -0.2) is 0 Å². The summed E-state index contributed by atoms with van der Waals surface area (Å²) in [6.07, 6.45) is 6.72. The second-order valence-electron chi connectivity index (χ2n) is 16.5. The molecule has 2 heterocycles. The van der Waals surface area contributed by atoms with Gasteiger partial charge in [0.2, 0.25) is 22.4 Å². The van der Waals surface area contributed by atoms with E-state index in [0.29, 0.717) is 12.1 Å². The van der Waals surface area contributed by atoms with Crippen LogP contribution in [-0.4, -0.2) is 25.2 Å². The summed E-state index contributed by atoms with van der Waals surface area (Å²) < 4.78 is 4.86. The fourth-order valence-corrected chi connectivity index (χ4v) is 9.04. The Balaban J connectivity index is 0.000000234. The Kier molecular flexibility index (Phi) is 18.8. The zero-order chi connectivity index (χ0) is 43.6. The zero-order valence-electron chi connectivity index (χ0n) is 37.9. The summed E-state index contributed by atoms with van der Waals surface area (Å²) in [5.41, 5.74) is 35.2. The highest BCUT2D eigenvalue weighted by molar-refractivity contribution is 6.11. The molecule has 0 radical (unpaired) electrons. The van der Waals surface area contributed by atoms with Crippen LogP contribution in [0.15, 0.2) is 133 Å². The molecule has 6 aromatic carbocycles. The largest absolute Gasteiger partial charge is 1.00 e. The third-order valence-corrected chi connectivity index (χ3v) is 12.4. The molecule has 8 aromatic rings. The fraction of sp³-hybridized carbons (Fsp3) is 0.296. The Hall–Kier alpha value is -4.76. The van der Waals surface area contributed by atoms with Crippen molar-refractivity contribution in [2.45, 2.75) is 91.4 Å². The fourth-order valence-electron chi connectivity index (χ4n) is 9.04. The number of hydrogen-bond donors (Lipinski definition) is 6. The van der Waals surface area contributed by atoms with Crippen molar-refractivity contribution in [1.29, 1.82) is 0 Å². The lowest BCUT2D eigenvalue weighted by Crippen LogP contribution is -3.00. The van der Waals surface area contributed by atoms with Crippen LogP contribution in [0.5, 0.6) is 0 Å². The molecule has 0 saturated heterocycles. The van der Waals surface area contributed by atoms with Crippen LogP contribution in [-0.2, 0) is 13.1 Å². The minimum atomic E-state index is 0. The average Bonchev–Trinajstić information content (AvgIpc) is 3.29. The first kappa shape index (κ1) is 50.2. The normalized spacial score (nSPS) is 11.2. The van der Waals surface area contributed by atoms with Gasteiger partial charge in [-0.3, -0.25) is 0 Å². The summed E-state index contributed by atoms with van der Waals surface area (Å²) in [5.74, 6) is 0. The number of fused-ring (bicyclic) bond motifs is 6. The number of nitrogens with zero attached hydrogens (tertiary/aromatic N) is 2. The predicted molar refractivity (Wildman–Crippen MR) is 266 cm³/mol. The van der Waals surface area contributed by atoms with E-state index >= 15 is 0 Å². The van der Waals surface area contributed by atoms with E-state index < -0.39 is 0 Å². The van der Waals surface area contributed by atoms with Crippen LogP contribution in [0.3, 0.4) is 0 Å². The van der Waals surface area contributed by atoms with Gasteiger partial charge < -0.3 is 81.5 Å². The summed E-state index contributed by atoms with van der Waals surface area (Å²) in [6, 6.07) is 47.3. The molecule has 8 rings (SSSR count). The number of anilines is 4. The van der Waals surface area contributed by atoms with E-state index in [1.165, 1.54) is 65.9 Å². The zero-order valence-corrected chi connectivity index (χ0v) is 42.2. The van der Waals surface area contributed by atoms with Gasteiger partial charge in [0.1, 0.15) is 0 Å². The van der Waals surface area contributed by atoms with Crippen LogP contribution in [0, 0.1) is 0 Å². The number of hydrogen-bond acceptors (Lipinski definition) is 6. The molecule has 0 spiro atoms. The summed E-state index contributed by atoms with van der Waals surface area (Å²) in [4.78, 5) is 0. The molecule has 2 aromatic heterocycles. The van der Waals surface area contributed by atoms with Crippen molar-refractivity contribution in [3.8, 4) is 22.5 Å². The van der Waals surface area contributed by atoms with Crippen molar-refractivity contribution in [2.24, 2.45) is 0 Å². The molecule has 0 aliphatic rings. The molecule has 336 valence electrons. The van der Waals surface area contributed by atoms with E-state index in [1.54, 1.807) is 0 Å². The number of aryl methyl sites for hydroxylation is 2. The summed E-state index contributed by atoms with van der Waals surface area (Å²) >= 11 is 0. The van der Waals surface area contributed by atoms with Crippen molar-refractivity contribution in [1.82, 2.24) is 10.6 Å². The van der Waals surface area contributed by atoms with E-state index in [-0.39, 0.29) is 48.0 Å². The molecule has 0 amide bonds. The maximum absolute atomic E-state index is 6.24. The summed E-state index contributed by atoms with van der Waals surface area (Å²) in [6.45, 7) is 12.8. The first-order chi connectivity index (χ1) is 30.2. The van der Waals surface area contributed by atoms with E-state index in [1.807, 2.05) is 24.3 Å². The Morgan fingerprint density at radius 3 is 1.08 bits per heavy atom. The number of benzene rings is 6. The lowest BCUT2D eigenvalue weighted by atomic mass is 9.98. The highest BCUT2D eigenvalue weighted by atomic mass is 127. The Labute approximate surface area is 414 Å². The smallest absolute Gasteiger partial charge is 0.220 e. The number of rotatable bonds is 16. The predicted octanol–water partition coefficient (Wildman–Crippen LogP) is 4.57. The van der Waals surface area contributed by atoms with Crippen LogP contribution >= 0.6 is 0 Å².